The molecule has 0 amide bonds. The van der Waals surface area contributed by atoms with Crippen LogP contribution in [0.15, 0.2) is 48.7 Å². The van der Waals surface area contributed by atoms with Crippen LogP contribution in [-0.2, 0) is 11.2 Å². The predicted molar refractivity (Wildman–Crippen MR) is 91.0 cm³/mol. The van der Waals surface area contributed by atoms with E-state index in [1.54, 1.807) is 13.3 Å². The van der Waals surface area contributed by atoms with Crippen molar-refractivity contribution in [3.05, 3.63) is 59.9 Å². The molecule has 0 spiro atoms. The Kier molecular flexibility index (Phi) is 5.11. The van der Waals surface area contributed by atoms with E-state index in [0.717, 1.165) is 30.0 Å². The molecule has 0 radical (unpaired) electrons. The summed E-state index contributed by atoms with van der Waals surface area (Å²) < 4.78 is 5.23. The fourth-order valence-electron chi connectivity index (χ4n) is 3.40. The van der Waals surface area contributed by atoms with E-state index in [1.165, 1.54) is 0 Å². The number of carbonyl (C=O) groups is 1. The number of aromatic nitrogens is 1. The Labute approximate surface area is 141 Å². The van der Waals surface area contributed by atoms with Gasteiger partial charge in [-0.1, -0.05) is 18.2 Å². The summed E-state index contributed by atoms with van der Waals surface area (Å²) in [6, 6.07) is 13.3. The van der Waals surface area contributed by atoms with Crippen LogP contribution in [0.1, 0.15) is 30.1 Å². The number of aliphatic carboxylic acids is 1. The lowest BCUT2D eigenvalue weighted by atomic mass is 9.98. The number of methoxy groups -OCH3 is 1. The molecule has 1 aliphatic heterocycles. The molecule has 1 aromatic heterocycles. The summed E-state index contributed by atoms with van der Waals surface area (Å²) in [7, 11) is 1.64. The average Bonchev–Trinajstić information content (AvgIpc) is 3.10. The highest BCUT2D eigenvalue weighted by Crippen LogP contribution is 2.32. The average molecular weight is 326 g/mol. The molecule has 1 fully saturated rings. The summed E-state index contributed by atoms with van der Waals surface area (Å²) in [6.45, 7) is 0.792. The molecule has 2 aromatic rings. The van der Waals surface area contributed by atoms with E-state index in [9.17, 15) is 9.90 Å². The zero-order valence-electron chi connectivity index (χ0n) is 13.8. The SMILES string of the molecule is COc1ccc(C(Cc2ccccn2)N2CCCC2C(=O)O)cc1. The van der Waals surface area contributed by atoms with E-state index < -0.39 is 12.0 Å². The largest absolute Gasteiger partial charge is 0.497 e. The van der Waals surface area contributed by atoms with Gasteiger partial charge in [-0.05, 0) is 49.2 Å². The van der Waals surface area contributed by atoms with Crippen molar-refractivity contribution in [2.75, 3.05) is 13.7 Å². The first kappa shape index (κ1) is 16.5. The molecule has 0 bridgehead atoms. The minimum atomic E-state index is -0.743. The van der Waals surface area contributed by atoms with Crippen LogP contribution in [0.3, 0.4) is 0 Å². The number of nitrogens with zero attached hydrogens (tertiary/aromatic N) is 2. The Bertz CT molecular complexity index is 673. The van der Waals surface area contributed by atoms with Crippen LogP contribution in [-0.4, -0.2) is 40.7 Å². The standard InChI is InChI=1S/C19H22N2O3/c1-24-16-9-7-14(8-10-16)18(13-15-5-2-3-11-20-15)21-12-4-6-17(21)19(22)23/h2-3,5,7-11,17-18H,4,6,12-13H2,1H3,(H,22,23). The van der Waals surface area contributed by atoms with Gasteiger partial charge in [0.25, 0.3) is 0 Å². The summed E-state index contributed by atoms with van der Waals surface area (Å²) in [6.07, 6.45) is 4.08. The quantitative estimate of drug-likeness (QED) is 0.884. The molecule has 0 aliphatic carbocycles. The van der Waals surface area contributed by atoms with Crippen molar-refractivity contribution in [3.63, 3.8) is 0 Å². The van der Waals surface area contributed by atoms with Crippen LogP contribution in [0.4, 0.5) is 0 Å². The number of hydrogen-bond donors (Lipinski definition) is 1. The summed E-state index contributed by atoms with van der Waals surface area (Å²) in [5.74, 6) is 0.0542. The topological polar surface area (TPSA) is 62.7 Å². The fourth-order valence-corrected chi connectivity index (χ4v) is 3.40. The second kappa shape index (κ2) is 7.45. The number of rotatable bonds is 6. The smallest absolute Gasteiger partial charge is 0.320 e. The van der Waals surface area contributed by atoms with Gasteiger partial charge in [-0.2, -0.15) is 0 Å². The monoisotopic (exact) mass is 326 g/mol. The molecule has 1 aromatic carbocycles. The van der Waals surface area contributed by atoms with Crippen molar-refractivity contribution >= 4 is 5.97 Å². The maximum absolute atomic E-state index is 11.6. The van der Waals surface area contributed by atoms with E-state index >= 15 is 0 Å². The van der Waals surface area contributed by atoms with Crippen molar-refractivity contribution in [2.24, 2.45) is 0 Å². The van der Waals surface area contributed by atoms with Crippen molar-refractivity contribution in [1.29, 1.82) is 0 Å². The number of benzene rings is 1. The van der Waals surface area contributed by atoms with Gasteiger partial charge in [0.2, 0.25) is 0 Å². The first-order chi connectivity index (χ1) is 11.7. The van der Waals surface area contributed by atoms with Gasteiger partial charge < -0.3 is 9.84 Å². The van der Waals surface area contributed by atoms with E-state index in [4.69, 9.17) is 4.74 Å². The van der Waals surface area contributed by atoms with Gasteiger partial charge in [-0.25, -0.2) is 0 Å². The lowest BCUT2D eigenvalue weighted by molar-refractivity contribution is -0.143. The molecule has 1 N–H and O–H groups in total. The molecule has 2 atom stereocenters. The summed E-state index contributed by atoms with van der Waals surface area (Å²) in [4.78, 5) is 18.1. The van der Waals surface area contributed by atoms with Crippen molar-refractivity contribution < 1.29 is 14.6 Å². The number of carboxylic acids is 1. The van der Waals surface area contributed by atoms with Crippen molar-refractivity contribution in [3.8, 4) is 5.75 Å². The van der Waals surface area contributed by atoms with Crippen LogP contribution in [0, 0.1) is 0 Å². The number of likely N-dealkylation sites (tertiary alicyclic amines) is 1. The Morgan fingerprint density at radius 3 is 2.75 bits per heavy atom. The van der Waals surface area contributed by atoms with Gasteiger partial charge in [0.05, 0.1) is 7.11 Å². The molecule has 0 saturated carbocycles. The fraction of sp³-hybridized carbons (Fsp3) is 0.368. The molecule has 1 aliphatic rings. The lowest BCUT2D eigenvalue weighted by Crippen LogP contribution is -2.39. The predicted octanol–water partition coefficient (Wildman–Crippen LogP) is 2.92. The zero-order chi connectivity index (χ0) is 16.9. The minimum Gasteiger partial charge on any atom is -0.497 e. The molecular weight excluding hydrogens is 304 g/mol. The molecular formula is C19H22N2O3. The summed E-state index contributed by atoms with van der Waals surface area (Å²) in [5, 5.41) is 9.55. The summed E-state index contributed by atoms with van der Waals surface area (Å²) in [5.41, 5.74) is 2.06. The second-order valence-electron chi connectivity index (χ2n) is 6.05. The first-order valence-corrected chi connectivity index (χ1v) is 8.21. The Balaban J connectivity index is 1.91. The van der Waals surface area contributed by atoms with Gasteiger partial charge >= 0.3 is 5.97 Å². The van der Waals surface area contributed by atoms with Crippen LogP contribution >= 0.6 is 0 Å². The minimum absolute atomic E-state index is 0.00518. The highest BCUT2D eigenvalue weighted by Gasteiger charge is 2.36. The van der Waals surface area contributed by atoms with Crippen LogP contribution in [0.25, 0.3) is 0 Å². The molecule has 2 heterocycles. The van der Waals surface area contributed by atoms with E-state index in [-0.39, 0.29) is 6.04 Å². The third kappa shape index (κ3) is 3.57. The Morgan fingerprint density at radius 2 is 2.12 bits per heavy atom. The first-order valence-electron chi connectivity index (χ1n) is 8.21. The highest BCUT2D eigenvalue weighted by atomic mass is 16.5. The third-order valence-electron chi connectivity index (χ3n) is 4.61. The normalized spacial score (nSPS) is 19.1. The van der Waals surface area contributed by atoms with Gasteiger partial charge in [0, 0.05) is 24.4 Å². The molecule has 1 saturated heterocycles. The van der Waals surface area contributed by atoms with Gasteiger partial charge in [-0.15, -0.1) is 0 Å². The Hall–Kier alpha value is -2.40. The van der Waals surface area contributed by atoms with Gasteiger partial charge in [-0.3, -0.25) is 14.7 Å². The van der Waals surface area contributed by atoms with Crippen molar-refractivity contribution in [1.82, 2.24) is 9.88 Å². The van der Waals surface area contributed by atoms with Crippen LogP contribution < -0.4 is 4.74 Å². The number of carboxylic acid groups (broad SMARTS) is 1. The van der Waals surface area contributed by atoms with Crippen LogP contribution in [0.2, 0.25) is 0 Å². The summed E-state index contributed by atoms with van der Waals surface area (Å²) >= 11 is 0. The molecule has 2 unspecified atom stereocenters. The third-order valence-corrected chi connectivity index (χ3v) is 4.61. The molecule has 126 valence electrons. The highest BCUT2D eigenvalue weighted by molar-refractivity contribution is 5.74. The maximum Gasteiger partial charge on any atom is 0.320 e. The molecule has 24 heavy (non-hydrogen) atoms. The zero-order valence-corrected chi connectivity index (χ0v) is 13.8. The van der Waals surface area contributed by atoms with Crippen LogP contribution in [0.5, 0.6) is 5.75 Å². The molecule has 3 rings (SSSR count). The van der Waals surface area contributed by atoms with E-state index in [0.29, 0.717) is 12.8 Å². The number of ether oxygens (including phenoxy) is 1. The van der Waals surface area contributed by atoms with E-state index in [1.807, 2.05) is 42.5 Å². The Morgan fingerprint density at radius 1 is 1.33 bits per heavy atom. The lowest BCUT2D eigenvalue weighted by Gasteiger charge is -2.31. The molecule has 5 heteroatoms. The van der Waals surface area contributed by atoms with Gasteiger partial charge in [0.15, 0.2) is 0 Å². The number of hydrogen-bond acceptors (Lipinski definition) is 4. The van der Waals surface area contributed by atoms with E-state index in [2.05, 4.69) is 9.88 Å². The number of pyridine rings is 1. The van der Waals surface area contributed by atoms with Gasteiger partial charge in [0.1, 0.15) is 11.8 Å². The molecule has 5 nitrogen and oxygen atoms in total. The maximum atomic E-state index is 11.6. The second-order valence-corrected chi connectivity index (χ2v) is 6.05. The van der Waals surface area contributed by atoms with Crippen molar-refractivity contribution in [2.45, 2.75) is 31.3 Å².